The molecule has 0 aliphatic rings. The van der Waals surface area contributed by atoms with E-state index in [4.69, 9.17) is 10.5 Å². The lowest BCUT2D eigenvalue weighted by atomic mass is 10.0. The zero-order valence-electron chi connectivity index (χ0n) is 17.5. The second kappa shape index (κ2) is 9.38. The van der Waals surface area contributed by atoms with Crippen molar-refractivity contribution < 1.29 is 23.9 Å². The molecule has 0 bridgehead atoms. The molecule has 1 aromatic heterocycles. The standard InChI is InChI=1S/C24H24N2O5/c1-3-31-21(28)12-11-20(27)17-9-10-19-18(13-17)22(23(29)24(25)30)15(2)26(19)14-16-7-5-4-6-8-16/h4-10,13H,3,11-12,14H2,1-2H3,(H2,25,30). The van der Waals surface area contributed by atoms with Gasteiger partial charge in [-0.15, -0.1) is 0 Å². The van der Waals surface area contributed by atoms with Crippen LogP contribution in [0.2, 0.25) is 0 Å². The third-order valence-electron chi connectivity index (χ3n) is 5.14. The lowest BCUT2D eigenvalue weighted by molar-refractivity contribution is -0.143. The first kappa shape index (κ1) is 22.0. The van der Waals surface area contributed by atoms with Gasteiger partial charge in [0.05, 0.1) is 18.6 Å². The number of carbonyl (C=O) groups is 4. The van der Waals surface area contributed by atoms with Gasteiger partial charge in [0.25, 0.3) is 11.7 Å². The van der Waals surface area contributed by atoms with Crippen LogP contribution in [0, 0.1) is 6.92 Å². The maximum absolute atomic E-state index is 12.6. The predicted octanol–water partition coefficient (Wildman–Crippen LogP) is 3.19. The van der Waals surface area contributed by atoms with Crippen molar-refractivity contribution in [3.8, 4) is 0 Å². The number of hydrogen-bond acceptors (Lipinski definition) is 5. The summed E-state index contributed by atoms with van der Waals surface area (Å²) in [4.78, 5) is 48.4. The number of fused-ring (bicyclic) bond motifs is 1. The number of ether oxygens (including phenoxy) is 1. The van der Waals surface area contributed by atoms with Crippen molar-refractivity contribution in [2.45, 2.75) is 33.2 Å². The average molecular weight is 420 g/mol. The van der Waals surface area contributed by atoms with Crippen LogP contribution < -0.4 is 5.73 Å². The minimum atomic E-state index is -1.05. The number of benzene rings is 2. The summed E-state index contributed by atoms with van der Waals surface area (Å²) in [5, 5.41) is 0.485. The number of esters is 1. The molecule has 1 heterocycles. The summed E-state index contributed by atoms with van der Waals surface area (Å²) in [5.41, 5.74) is 8.16. The van der Waals surface area contributed by atoms with Gasteiger partial charge in [-0.3, -0.25) is 19.2 Å². The van der Waals surface area contributed by atoms with E-state index in [-0.39, 0.29) is 30.8 Å². The number of aromatic nitrogens is 1. The molecule has 2 aromatic carbocycles. The summed E-state index contributed by atoms with van der Waals surface area (Å²) >= 11 is 0. The molecular formula is C24H24N2O5. The number of Topliss-reactive ketones (excluding diaryl/α,β-unsaturated/α-hetero) is 2. The van der Waals surface area contributed by atoms with Crippen molar-refractivity contribution in [2.75, 3.05) is 6.61 Å². The maximum atomic E-state index is 12.6. The second-order valence-corrected chi connectivity index (χ2v) is 7.19. The number of ketones is 2. The van der Waals surface area contributed by atoms with Gasteiger partial charge in [0, 0.05) is 35.1 Å². The van der Waals surface area contributed by atoms with Crippen molar-refractivity contribution in [1.29, 1.82) is 0 Å². The van der Waals surface area contributed by atoms with Crippen LogP contribution in [0.1, 0.15) is 51.7 Å². The summed E-state index contributed by atoms with van der Waals surface area (Å²) in [6.45, 7) is 4.20. The van der Waals surface area contributed by atoms with Crippen LogP contribution in [-0.2, 0) is 20.9 Å². The van der Waals surface area contributed by atoms with Crippen LogP contribution in [0.15, 0.2) is 48.5 Å². The second-order valence-electron chi connectivity index (χ2n) is 7.19. The molecule has 0 atom stereocenters. The fourth-order valence-corrected chi connectivity index (χ4v) is 3.63. The molecule has 0 saturated carbocycles. The highest BCUT2D eigenvalue weighted by molar-refractivity contribution is 6.45. The van der Waals surface area contributed by atoms with Crippen molar-refractivity contribution in [2.24, 2.45) is 5.73 Å². The summed E-state index contributed by atoms with van der Waals surface area (Å²) in [6, 6.07) is 14.7. The summed E-state index contributed by atoms with van der Waals surface area (Å²) in [6.07, 6.45) is -0.0288. The number of rotatable bonds is 9. The molecule has 0 saturated heterocycles. The molecule has 7 heteroatoms. The van der Waals surface area contributed by atoms with Gasteiger partial charge >= 0.3 is 5.97 Å². The third-order valence-corrected chi connectivity index (χ3v) is 5.14. The molecule has 1 amide bonds. The number of nitrogens with two attached hydrogens (primary N) is 1. The minimum Gasteiger partial charge on any atom is -0.466 e. The van der Waals surface area contributed by atoms with Crippen molar-refractivity contribution in [1.82, 2.24) is 4.57 Å². The van der Waals surface area contributed by atoms with Gasteiger partial charge in [-0.1, -0.05) is 30.3 Å². The Morgan fingerprint density at radius 3 is 2.35 bits per heavy atom. The number of hydrogen-bond donors (Lipinski definition) is 1. The number of amides is 1. The van der Waals surface area contributed by atoms with E-state index in [1.54, 1.807) is 32.0 Å². The topological polar surface area (TPSA) is 108 Å². The van der Waals surface area contributed by atoms with Crippen LogP contribution in [0.3, 0.4) is 0 Å². The fraction of sp³-hybridized carbons (Fsp3) is 0.250. The highest BCUT2D eigenvalue weighted by atomic mass is 16.5. The van der Waals surface area contributed by atoms with Gasteiger partial charge < -0.3 is 15.0 Å². The zero-order valence-corrected chi connectivity index (χ0v) is 17.5. The first-order chi connectivity index (χ1) is 14.8. The molecular weight excluding hydrogens is 396 g/mol. The first-order valence-corrected chi connectivity index (χ1v) is 10.0. The van der Waals surface area contributed by atoms with Gasteiger partial charge in [0.1, 0.15) is 0 Å². The molecule has 0 aliphatic carbocycles. The molecule has 160 valence electrons. The Kier molecular flexibility index (Phi) is 6.65. The molecule has 31 heavy (non-hydrogen) atoms. The van der Waals surface area contributed by atoms with E-state index < -0.39 is 17.7 Å². The number of primary amides is 1. The van der Waals surface area contributed by atoms with Crippen LogP contribution >= 0.6 is 0 Å². The van der Waals surface area contributed by atoms with E-state index in [0.29, 0.717) is 28.7 Å². The van der Waals surface area contributed by atoms with E-state index in [0.717, 1.165) is 5.56 Å². The van der Waals surface area contributed by atoms with Crippen LogP contribution in [0.4, 0.5) is 0 Å². The SMILES string of the molecule is CCOC(=O)CCC(=O)c1ccc2c(c1)c(C(=O)C(N)=O)c(C)n2Cc1ccccc1. The Hall–Kier alpha value is -3.74. The summed E-state index contributed by atoms with van der Waals surface area (Å²) < 4.78 is 6.78. The van der Waals surface area contributed by atoms with E-state index in [9.17, 15) is 19.2 Å². The first-order valence-electron chi connectivity index (χ1n) is 10.0. The largest absolute Gasteiger partial charge is 0.466 e. The Morgan fingerprint density at radius 1 is 1.00 bits per heavy atom. The van der Waals surface area contributed by atoms with Crippen molar-refractivity contribution >= 4 is 34.3 Å². The van der Waals surface area contributed by atoms with Gasteiger partial charge in [-0.25, -0.2) is 0 Å². The Labute approximate surface area is 179 Å². The van der Waals surface area contributed by atoms with Crippen molar-refractivity contribution in [3.05, 3.63) is 70.9 Å². The number of nitrogens with zero attached hydrogens (tertiary/aromatic N) is 1. The molecule has 3 aromatic rings. The quantitative estimate of drug-likeness (QED) is 0.325. The Balaban J connectivity index is 2.04. The monoisotopic (exact) mass is 420 g/mol. The van der Waals surface area contributed by atoms with E-state index >= 15 is 0 Å². The van der Waals surface area contributed by atoms with Crippen LogP contribution in [0.25, 0.3) is 10.9 Å². The zero-order chi connectivity index (χ0) is 22.5. The van der Waals surface area contributed by atoms with Crippen LogP contribution in [-0.4, -0.2) is 34.6 Å². The molecule has 0 aliphatic heterocycles. The maximum Gasteiger partial charge on any atom is 0.306 e. The highest BCUT2D eigenvalue weighted by Crippen LogP contribution is 2.29. The molecule has 3 rings (SSSR count). The van der Waals surface area contributed by atoms with E-state index in [1.807, 2.05) is 34.9 Å². The smallest absolute Gasteiger partial charge is 0.306 e. The summed E-state index contributed by atoms with van der Waals surface area (Å²) in [7, 11) is 0. The number of carbonyl (C=O) groups excluding carboxylic acids is 4. The summed E-state index contributed by atoms with van der Waals surface area (Å²) in [5.74, 6) is -2.54. The molecule has 0 fully saturated rings. The molecule has 7 nitrogen and oxygen atoms in total. The van der Waals surface area contributed by atoms with E-state index in [1.165, 1.54) is 0 Å². The van der Waals surface area contributed by atoms with Gasteiger partial charge in [-0.2, -0.15) is 0 Å². The highest BCUT2D eigenvalue weighted by Gasteiger charge is 2.24. The minimum absolute atomic E-state index is 0.00680. The van der Waals surface area contributed by atoms with Crippen LogP contribution in [0.5, 0.6) is 0 Å². The normalized spacial score (nSPS) is 10.8. The average Bonchev–Trinajstić information content (AvgIpc) is 3.03. The van der Waals surface area contributed by atoms with E-state index in [2.05, 4.69) is 0 Å². The molecule has 2 N–H and O–H groups in total. The predicted molar refractivity (Wildman–Crippen MR) is 116 cm³/mol. The lowest BCUT2D eigenvalue weighted by Crippen LogP contribution is -2.23. The lowest BCUT2D eigenvalue weighted by Gasteiger charge is -2.09. The van der Waals surface area contributed by atoms with Gasteiger partial charge in [0.15, 0.2) is 5.78 Å². The molecule has 0 unspecified atom stereocenters. The Bertz CT molecular complexity index is 1160. The molecule has 0 radical (unpaired) electrons. The Morgan fingerprint density at radius 2 is 1.71 bits per heavy atom. The van der Waals surface area contributed by atoms with Gasteiger partial charge in [0.2, 0.25) is 0 Å². The fourth-order valence-electron chi connectivity index (χ4n) is 3.63. The molecule has 0 spiro atoms. The third kappa shape index (κ3) is 4.71. The van der Waals surface area contributed by atoms with Crippen molar-refractivity contribution in [3.63, 3.8) is 0 Å². The van der Waals surface area contributed by atoms with Gasteiger partial charge in [-0.05, 0) is 37.6 Å².